The molecule has 0 aromatic carbocycles. The SMILES string of the molecule is Cc1ccc(NC(=O)c2cccc[n+]2[O-])nc1. The Kier molecular flexibility index (Phi) is 3.00. The van der Waals surface area contributed by atoms with Crippen LogP contribution in [-0.4, -0.2) is 10.9 Å². The van der Waals surface area contributed by atoms with Gasteiger partial charge in [-0.1, -0.05) is 6.07 Å². The Bertz CT molecular complexity index is 538. The van der Waals surface area contributed by atoms with Crippen LogP contribution < -0.4 is 10.0 Å². The molecule has 0 spiro atoms. The Labute approximate surface area is 98.3 Å². The number of hydrogen-bond donors (Lipinski definition) is 1. The van der Waals surface area contributed by atoms with Gasteiger partial charge in [-0.3, -0.25) is 4.79 Å². The van der Waals surface area contributed by atoms with Crippen LogP contribution in [0.3, 0.4) is 0 Å². The summed E-state index contributed by atoms with van der Waals surface area (Å²) in [5.74, 6) is -0.0543. The lowest BCUT2D eigenvalue weighted by Crippen LogP contribution is -2.36. The lowest BCUT2D eigenvalue weighted by atomic mass is 10.3. The topological polar surface area (TPSA) is 68.9 Å². The lowest BCUT2D eigenvalue weighted by Gasteiger charge is -2.04. The normalized spacial score (nSPS) is 9.94. The zero-order chi connectivity index (χ0) is 12.3. The van der Waals surface area contributed by atoms with Crippen LogP contribution in [0.15, 0.2) is 42.7 Å². The average molecular weight is 229 g/mol. The number of nitrogens with one attached hydrogen (secondary N) is 1. The van der Waals surface area contributed by atoms with Crippen LogP contribution in [-0.2, 0) is 0 Å². The molecule has 0 aliphatic heterocycles. The van der Waals surface area contributed by atoms with E-state index in [0.717, 1.165) is 5.56 Å². The number of hydrogen-bond acceptors (Lipinski definition) is 3. The molecule has 0 bridgehead atoms. The fraction of sp³-hybridized carbons (Fsp3) is 0.0833. The molecule has 2 rings (SSSR count). The Morgan fingerprint density at radius 1 is 1.35 bits per heavy atom. The van der Waals surface area contributed by atoms with Gasteiger partial charge in [0.1, 0.15) is 5.82 Å². The van der Waals surface area contributed by atoms with Crippen LogP contribution in [0.25, 0.3) is 0 Å². The molecule has 2 aromatic rings. The van der Waals surface area contributed by atoms with Crippen molar-refractivity contribution in [2.75, 3.05) is 5.32 Å². The summed E-state index contributed by atoms with van der Waals surface area (Å²) >= 11 is 0. The summed E-state index contributed by atoms with van der Waals surface area (Å²) in [7, 11) is 0. The van der Waals surface area contributed by atoms with Gasteiger partial charge in [0, 0.05) is 18.3 Å². The third-order valence-electron chi connectivity index (χ3n) is 2.21. The molecule has 1 N–H and O–H groups in total. The Morgan fingerprint density at radius 3 is 2.82 bits per heavy atom. The van der Waals surface area contributed by atoms with E-state index in [9.17, 15) is 10.0 Å². The molecule has 86 valence electrons. The van der Waals surface area contributed by atoms with Crippen molar-refractivity contribution >= 4 is 11.7 Å². The molecule has 5 nitrogen and oxygen atoms in total. The highest BCUT2D eigenvalue weighted by Gasteiger charge is 2.15. The molecule has 0 aliphatic rings. The van der Waals surface area contributed by atoms with Gasteiger partial charge < -0.3 is 10.5 Å². The first-order valence-corrected chi connectivity index (χ1v) is 5.09. The number of pyridine rings is 2. The van der Waals surface area contributed by atoms with Gasteiger partial charge in [-0.25, -0.2) is 4.98 Å². The van der Waals surface area contributed by atoms with E-state index in [1.54, 1.807) is 24.4 Å². The predicted molar refractivity (Wildman–Crippen MR) is 62.3 cm³/mol. The summed E-state index contributed by atoms with van der Waals surface area (Å²) in [5.41, 5.74) is 1.04. The van der Waals surface area contributed by atoms with Gasteiger partial charge >= 0.3 is 5.91 Å². The Balaban J connectivity index is 2.17. The minimum absolute atomic E-state index is 0.0369. The number of carbonyl (C=O) groups excluding carboxylic acids is 1. The van der Waals surface area contributed by atoms with Crippen LogP contribution in [0.5, 0.6) is 0 Å². The monoisotopic (exact) mass is 229 g/mol. The maximum atomic E-state index is 11.7. The van der Waals surface area contributed by atoms with Crippen LogP contribution in [0.2, 0.25) is 0 Å². The smallest absolute Gasteiger partial charge is 0.322 e. The molecule has 0 atom stereocenters. The zero-order valence-electron chi connectivity index (χ0n) is 9.25. The third-order valence-corrected chi connectivity index (χ3v) is 2.21. The average Bonchev–Trinajstić information content (AvgIpc) is 2.32. The summed E-state index contributed by atoms with van der Waals surface area (Å²) in [5, 5.41) is 13.9. The van der Waals surface area contributed by atoms with Crippen molar-refractivity contribution in [2.24, 2.45) is 0 Å². The second-order valence-corrected chi connectivity index (χ2v) is 3.59. The first-order chi connectivity index (χ1) is 8.16. The van der Waals surface area contributed by atoms with Crippen molar-refractivity contribution in [1.82, 2.24) is 4.98 Å². The van der Waals surface area contributed by atoms with Gasteiger partial charge in [0.05, 0.1) is 0 Å². The maximum Gasteiger partial charge on any atom is 0.322 e. The van der Waals surface area contributed by atoms with Gasteiger partial charge in [-0.15, -0.1) is 0 Å². The molecule has 5 heteroatoms. The highest BCUT2D eigenvalue weighted by molar-refractivity contribution is 6.01. The van der Waals surface area contributed by atoms with E-state index in [-0.39, 0.29) is 5.69 Å². The summed E-state index contributed by atoms with van der Waals surface area (Å²) in [6.07, 6.45) is 2.92. The molecule has 0 saturated heterocycles. The van der Waals surface area contributed by atoms with Gasteiger partial charge in [0.2, 0.25) is 0 Å². The zero-order valence-corrected chi connectivity index (χ0v) is 9.25. The molecule has 1 amide bonds. The van der Waals surface area contributed by atoms with E-state index < -0.39 is 5.91 Å². The van der Waals surface area contributed by atoms with Crippen molar-refractivity contribution in [3.05, 3.63) is 59.2 Å². The van der Waals surface area contributed by atoms with Crippen molar-refractivity contribution in [3.63, 3.8) is 0 Å². The molecule has 0 unspecified atom stereocenters. The van der Waals surface area contributed by atoms with Gasteiger partial charge in [-0.05, 0) is 24.6 Å². The first kappa shape index (κ1) is 11.1. The molecular formula is C12H11N3O2. The van der Waals surface area contributed by atoms with E-state index in [1.165, 1.54) is 12.3 Å². The molecule has 0 aliphatic carbocycles. The molecular weight excluding hydrogens is 218 g/mol. The van der Waals surface area contributed by atoms with Gasteiger partial charge in [-0.2, -0.15) is 4.73 Å². The minimum Gasteiger partial charge on any atom is -0.618 e. The number of aromatic nitrogens is 2. The Morgan fingerprint density at radius 2 is 2.18 bits per heavy atom. The fourth-order valence-electron chi connectivity index (χ4n) is 1.33. The van der Waals surface area contributed by atoms with Crippen molar-refractivity contribution in [3.8, 4) is 0 Å². The number of anilines is 1. The second kappa shape index (κ2) is 4.61. The number of rotatable bonds is 2. The van der Waals surface area contributed by atoms with E-state index in [2.05, 4.69) is 10.3 Å². The summed E-state index contributed by atoms with van der Waals surface area (Å²) in [4.78, 5) is 15.8. The molecule has 2 aromatic heterocycles. The molecule has 0 fully saturated rings. The largest absolute Gasteiger partial charge is 0.618 e. The van der Waals surface area contributed by atoms with E-state index in [4.69, 9.17) is 0 Å². The predicted octanol–water partition coefficient (Wildman–Crippen LogP) is 1.28. The van der Waals surface area contributed by atoms with E-state index in [1.807, 2.05) is 13.0 Å². The highest BCUT2D eigenvalue weighted by Crippen LogP contribution is 2.05. The summed E-state index contributed by atoms with van der Waals surface area (Å²) in [6.45, 7) is 1.90. The molecule has 0 saturated carbocycles. The maximum absolute atomic E-state index is 11.7. The number of amides is 1. The van der Waals surface area contributed by atoms with Crippen LogP contribution in [0, 0.1) is 12.1 Å². The quantitative estimate of drug-likeness (QED) is 0.623. The van der Waals surface area contributed by atoms with Crippen LogP contribution in [0.1, 0.15) is 16.1 Å². The fourth-order valence-corrected chi connectivity index (χ4v) is 1.33. The molecule has 2 heterocycles. The minimum atomic E-state index is -0.475. The number of nitrogens with zero attached hydrogens (tertiary/aromatic N) is 2. The second-order valence-electron chi connectivity index (χ2n) is 3.59. The lowest BCUT2D eigenvalue weighted by molar-refractivity contribution is -0.607. The molecule has 0 radical (unpaired) electrons. The van der Waals surface area contributed by atoms with E-state index in [0.29, 0.717) is 10.5 Å². The Hall–Kier alpha value is -2.43. The van der Waals surface area contributed by atoms with E-state index >= 15 is 0 Å². The molecule has 17 heavy (non-hydrogen) atoms. The summed E-state index contributed by atoms with van der Waals surface area (Å²) in [6, 6.07) is 8.17. The van der Waals surface area contributed by atoms with Crippen molar-refractivity contribution in [1.29, 1.82) is 0 Å². The van der Waals surface area contributed by atoms with Crippen LogP contribution in [0.4, 0.5) is 5.82 Å². The summed E-state index contributed by atoms with van der Waals surface area (Å²) < 4.78 is 0.517. The first-order valence-electron chi connectivity index (χ1n) is 5.09. The van der Waals surface area contributed by atoms with Crippen LogP contribution >= 0.6 is 0 Å². The number of aryl methyl sites for hydroxylation is 1. The third kappa shape index (κ3) is 2.57. The van der Waals surface area contributed by atoms with Crippen molar-refractivity contribution < 1.29 is 9.52 Å². The van der Waals surface area contributed by atoms with Gasteiger partial charge in [0.25, 0.3) is 5.69 Å². The van der Waals surface area contributed by atoms with Gasteiger partial charge in [0.15, 0.2) is 6.20 Å². The number of carbonyl (C=O) groups is 1. The highest BCUT2D eigenvalue weighted by atomic mass is 16.5. The standard InChI is InChI=1S/C12H11N3O2/c1-9-5-6-11(13-8-9)14-12(16)10-4-2-3-7-15(10)17/h2-8H,1H3,(H,13,14,16). The van der Waals surface area contributed by atoms with Crippen molar-refractivity contribution in [2.45, 2.75) is 6.92 Å².